The third-order valence-corrected chi connectivity index (χ3v) is 1.84. The Bertz CT molecular complexity index is 423. The summed E-state index contributed by atoms with van der Waals surface area (Å²) >= 11 is 0. The molecule has 0 fully saturated rings. The maximum absolute atomic E-state index is 13.3. The standard InChI is InChI=1S/C11H10FNO2/c1-3-7(2)13-10-5-4-8(11(14)15)6-9(10)12/h1,4-7,13H,2H3,(H,14,15). The van der Waals surface area contributed by atoms with Crippen molar-refractivity contribution in [1.82, 2.24) is 0 Å². The molecule has 1 aromatic rings. The highest BCUT2D eigenvalue weighted by molar-refractivity contribution is 5.88. The number of halogens is 1. The van der Waals surface area contributed by atoms with Crippen LogP contribution in [0.3, 0.4) is 0 Å². The van der Waals surface area contributed by atoms with Gasteiger partial charge in [-0.15, -0.1) is 6.42 Å². The van der Waals surface area contributed by atoms with Gasteiger partial charge >= 0.3 is 5.97 Å². The van der Waals surface area contributed by atoms with Gasteiger partial charge in [0.25, 0.3) is 0 Å². The zero-order chi connectivity index (χ0) is 11.4. The smallest absolute Gasteiger partial charge is 0.335 e. The number of carbonyl (C=O) groups is 1. The Morgan fingerprint density at radius 2 is 2.33 bits per heavy atom. The van der Waals surface area contributed by atoms with Gasteiger partial charge in [0.05, 0.1) is 17.3 Å². The van der Waals surface area contributed by atoms with Crippen molar-refractivity contribution >= 4 is 11.7 Å². The molecule has 0 heterocycles. The van der Waals surface area contributed by atoms with E-state index in [-0.39, 0.29) is 17.3 Å². The molecular formula is C11H10FNO2. The Morgan fingerprint density at radius 3 is 2.80 bits per heavy atom. The molecule has 0 aliphatic carbocycles. The first kappa shape index (κ1) is 11.1. The van der Waals surface area contributed by atoms with Gasteiger partial charge < -0.3 is 10.4 Å². The molecule has 78 valence electrons. The molecule has 1 unspecified atom stereocenters. The molecule has 0 saturated heterocycles. The lowest BCUT2D eigenvalue weighted by Crippen LogP contribution is -2.13. The maximum Gasteiger partial charge on any atom is 0.335 e. The number of anilines is 1. The van der Waals surface area contributed by atoms with E-state index in [2.05, 4.69) is 11.2 Å². The maximum atomic E-state index is 13.3. The molecule has 0 aliphatic rings. The van der Waals surface area contributed by atoms with Gasteiger partial charge in [-0.1, -0.05) is 5.92 Å². The first-order valence-corrected chi connectivity index (χ1v) is 4.30. The molecule has 2 N–H and O–H groups in total. The van der Waals surface area contributed by atoms with E-state index in [1.54, 1.807) is 6.92 Å². The number of rotatable bonds is 3. The van der Waals surface area contributed by atoms with Crippen LogP contribution in [0.1, 0.15) is 17.3 Å². The highest BCUT2D eigenvalue weighted by Gasteiger charge is 2.08. The third-order valence-electron chi connectivity index (χ3n) is 1.84. The Morgan fingerprint density at radius 1 is 1.67 bits per heavy atom. The summed E-state index contributed by atoms with van der Waals surface area (Å²) in [5.74, 6) is 0.595. The summed E-state index contributed by atoms with van der Waals surface area (Å²) in [5, 5.41) is 11.3. The first-order chi connectivity index (χ1) is 7.04. The lowest BCUT2D eigenvalue weighted by Gasteiger charge is -2.10. The second-order valence-corrected chi connectivity index (χ2v) is 3.03. The van der Waals surface area contributed by atoms with Gasteiger partial charge in [0.2, 0.25) is 0 Å². The van der Waals surface area contributed by atoms with Crippen LogP contribution in [0.4, 0.5) is 10.1 Å². The summed E-state index contributed by atoms with van der Waals surface area (Å²) in [6.07, 6.45) is 5.12. The molecule has 15 heavy (non-hydrogen) atoms. The van der Waals surface area contributed by atoms with E-state index in [9.17, 15) is 9.18 Å². The molecule has 0 saturated carbocycles. The van der Waals surface area contributed by atoms with Crippen molar-refractivity contribution in [2.24, 2.45) is 0 Å². The van der Waals surface area contributed by atoms with E-state index in [0.717, 1.165) is 6.07 Å². The number of hydrogen-bond donors (Lipinski definition) is 2. The number of terminal acetylenes is 1. The summed E-state index contributed by atoms with van der Waals surface area (Å²) in [7, 11) is 0. The summed E-state index contributed by atoms with van der Waals surface area (Å²) in [5.41, 5.74) is 0.108. The number of carboxylic acid groups (broad SMARTS) is 1. The molecular weight excluding hydrogens is 197 g/mol. The van der Waals surface area contributed by atoms with Crippen molar-refractivity contribution in [3.8, 4) is 12.3 Å². The minimum Gasteiger partial charge on any atom is -0.478 e. The Kier molecular flexibility index (Phi) is 3.29. The second kappa shape index (κ2) is 4.47. The van der Waals surface area contributed by atoms with Gasteiger partial charge in [-0.3, -0.25) is 0 Å². The molecule has 4 heteroatoms. The summed E-state index contributed by atoms with van der Waals surface area (Å²) in [6.45, 7) is 1.70. The molecule has 0 amide bonds. The fraction of sp³-hybridized carbons (Fsp3) is 0.182. The lowest BCUT2D eigenvalue weighted by atomic mass is 10.2. The molecule has 1 aromatic carbocycles. The highest BCUT2D eigenvalue weighted by atomic mass is 19.1. The fourth-order valence-electron chi connectivity index (χ4n) is 1.04. The van der Waals surface area contributed by atoms with Crippen LogP contribution >= 0.6 is 0 Å². The van der Waals surface area contributed by atoms with E-state index in [1.165, 1.54) is 12.1 Å². The van der Waals surface area contributed by atoms with Crippen molar-refractivity contribution in [3.05, 3.63) is 29.6 Å². The zero-order valence-corrected chi connectivity index (χ0v) is 8.12. The molecule has 0 radical (unpaired) electrons. The van der Waals surface area contributed by atoms with Crippen LogP contribution in [-0.2, 0) is 0 Å². The number of aromatic carboxylic acids is 1. The average Bonchev–Trinajstić information content (AvgIpc) is 2.20. The minimum atomic E-state index is -1.16. The summed E-state index contributed by atoms with van der Waals surface area (Å²) in [4.78, 5) is 10.5. The molecule has 3 nitrogen and oxygen atoms in total. The Balaban J connectivity index is 2.94. The van der Waals surface area contributed by atoms with Crippen LogP contribution in [0.25, 0.3) is 0 Å². The topological polar surface area (TPSA) is 49.3 Å². The molecule has 0 aliphatic heterocycles. The number of nitrogens with one attached hydrogen (secondary N) is 1. The Labute approximate surface area is 86.9 Å². The molecule has 1 rings (SSSR count). The highest BCUT2D eigenvalue weighted by Crippen LogP contribution is 2.16. The average molecular weight is 207 g/mol. The predicted molar refractivity (Wildman–Crippen MR) is 55.3 cm³/mol. The van der Waals surface area contributed by atoms with E-state index in [1.807, 2.05) is 0 Å². The van der Waals surface area contributed by atoms with Crippen molar-refractivity contribution in [1.29, 1.82) is 0 Å². The lowest BCUT2D eigenvalue weighted by molar-refractivity contribution is 0.0696. The van der Waals surface area contributed by atoms with Crippen LogP contribution in [0, 0.1) is 18.2 Å². The quantitative estimate of drug-likeness (QED) is 0.745. The number of benzene rings is 1. The fourth-order valence-corrected chi connectivity index (χ4v) is 1.04. The zero-order valence-electron chi connectivity index (χ0n) is 8.12. The van der Waals surface area contributed by atoms with Gasteiger partial charge in [0.1, 0.15) is 5.82 Å². The summed E-state index contributed by atoms with van der Waals surface area (Å²) < 4.78 is 13.3. The van der Waals surface area contributed by atoms with Gasteiger partial charge in [-0.05, 0) is 25.1 Å². The van der Waals surface area contributed by atoms with E-state index in [4.69, 9.17) is 11.5 Å². The Hall–Kier alpha value is -2.02. The van der Waals surface area contributed by atoms with Gasteiger partial charge in [0.15, 0.2) is 0 Å². The normalized spacial score (nSPS) is 11.5. The molecule has 0 bridgehead atoms. The van der Waals surface area contributed by atoms with Crippen LogP contribution < -0.4 is 5.32 Å². The van der Waals surface area contributed by atoms with Crippen molar-refractivity contribution in [2.45, 2.75) is 13.0 Å². The van der Waals surface area contributed by atoms with Crippen LogP contribution in [-0.4, -0.2) is 17.1 Å². The second-order valence-electron chi connectivity index (χ2n) is 3.03. The monoisotopic (exact) mass is 207 g/mol. The summed E-state index contributed by atoms with van der Waals surface area (Å²) in [6, 6.07) is 3.31. The molecule has 0 spiro atoms. The van der Waals surface area contributed by atoms with E-state index < -0.39 is 11.8 Å². The predicted octanol–water partition coefficient (Wildman–Crippen LogP) is 1.96. The third kappa shape index (κ3) is 2.71. The van der Waals surface area contributed by atoms with Crippen LogP contribution in [0.5, 0.6) is 0 Å². The van der Waals surface area contributed by atoms with Gasteiger partial charge in [0, 0.05) is 0 Å². The molecule has 1 atom stereocenters. The van der Waals surface area contributed by atoms with Crippen molar-refractivity contribution in [2.75, 3.05) is 5.32 Å². The largest absolute Gasteiger partial charge is 0.478 e. The van der Waals surface area contributed by atoms with E-state index >= 15 is 0 Å². The number of hydrogen-bond acceptors (Lipinski definition) is 2. The number of carboxylic acids is 1. The SMILES string of the molecule is C#CC(C)Nc1ccc(C(=O)O)cc1F. The van der Waals surface area contributed by atoms with Crippen molar-refractivity contribution < 1.29 is 14.3 Å². The minimum absolute atomic E-state index is 0.0913. The van der Waals surface area contributed by atoms with E-state index in [0.29, 0.717) is 0 Å². The van der Waals surface area contributed by atoms with Crippen molar-refractivity contribution in [3.63, 3.8) is 0 Å². The van der Waals surface area contributed by atoms with Crippen LogP contribution in [0.15, 0.2) is 18.2 Å². The van der Waals surface area contributed by atoms with Gasteiger partial charge in [-0.2, -0.15) is 0 Å². The first-order valence-electron chi connectivity index (χ1n) is 4.30. The van der Waals surface area contributed by atoms with Crippen LogP contribution in [0.2, 0.25) is 0 Å². The molecule has 0 aromatic heterocycles. The van der Waals surface area contributed by atoms with Gasteiger partial charge in [-0.25, -0.2) is 9.18 Å².